The van der Waals surface area contributed by atoms with E-state index >= 15 is 0 Å². The molecule has 0 aliphatic carbocycles. The third kappa shape index (κ3) is 3.06. The van der Waals surface area contributed by atoms with E-state index in [0.29, 0.717) is 18.1 Å². The Morgan fingerprint density at radius 2 is 2.43 bits per heavy atom. The minimum atomic E-state index is -0.184. The molecular formula is C8H15N5O. The summed E-state index contributed by atoms with van der Waals surface area (Å²) < 4.78 is 0. The fraction of sp³-hybridized carbons (Fsp3) is 0.500. The summed E-state index contributed by atoms with van der Waals surface area (Å²) in [5.74, 6) is 0.138. The highest BCUT2D eigenvalue weighted by molar-refractivity contribution is 5.92. The highest BCUT2D eigenvalue weighted by Crippen LogP contribution is 1.99. The van der Waals surface area contributed by atoms with E-state index in [0.717, 1.165) is 6.54 Å². The number of likely N-dealkylation sites (N-methyl/N-ethyl adjacent to an activating group) is 1. The average molecular weight is 197 g/mol. The van der Waals surface area contributed by atoms with Crippen molar-refractivity contribution in [2.75, 3.05) is 32.9 Å². The van der Waals surface area contributed by atoms with Gasteiger partial charge in [-0.05, 0) is 14.1 Å². The molecule has 6 heteroatoms. The molecule has 1 aromatic rings. The molecule has 0 unspecified atom stereocenters. The van der Waals surface area contributed by atoms with E-state index in [2.05, 4.69) is 15.5 Å². The maximum atomic E-state index is 11.4. The van der Waals surface area contributed by atoms with Gasteiger partial charge in [0.1, 0.15) is 11.5 Å². The average Bonchev–Trinajstić information content (AvgIpc) is 2.51. The first-order chi connectivity index (χ1) is 6.59. The molecule has 0 aliphatic heterocycles. The van der Waals surface area contributed by atoms with Gasteiger partial charge in [0.2, 0.25) is 0 Å². The Hall–Kier alpha value is -1.56. The van der Waals surface area contributed by atoms with Crippen molar-refractivity contribution in [3.05, 3.63) is 11.8 Å². The second-order valence-corrected chi connectivity index (χ2v) is 3.27. The van der Waals surface area contributed by atoms with Crippen LogP contribution in [0, 0.1) is 0 Å². The number of amides is 1. The van der Waals surface area contributed by atoms with Crippen LogP contribution in [0.5, 0.6) is 0 Å². The number of carbonyl (C=O) groups is 1. The zero-order valence-electron chi connectivity index (χ0n) is 8.37. The number of anilines is 1. The number of hydrogen-bond acceptors (Lipinski definition) is 4. The van der Waals surface area contributed by atoms with Crippen LogP contribution >= 0.6 is 0 Å². The van der Waals surface area contributed by atoms with E-state index < -0.39 is 0 Å². The Labute approximate surface area is 82.5 Å². The van der Waals surface area contributed by atoms with Gasteiger partial charge in [-0.3, -0.25) is 9.89 Å². The van der Waals surface area contributed by atoms with Crippen LogP contribution in [0.4, 0.5) is 5.82 Å². The molecule has 1 aromatic heterocycles. The molecule has 0 atom stereocenters. The second-order valence-electron chi connectivity index (χ2n) is 3.27. The molecule has 0 saturated carbocycles. The number of nitrogens with one attached hydrogen (secondary N) is 2. The van der Waals surface area contributed by atoms with Crippen molar-refractivity contribution < 1.29 is 4.79 Å². The Balaban J connectivity index is 2.36. The summed E-state index contributed by atoms with van der Waals surface area (Å²) >= 11 is 0. The SMILES string of the molecule is CN(C)CCNC(=O)c1cc(N)n[nH]1. The minimum Gasteiger partial charge on any atom is -0.382 e. The highest BCUT2D eigenvalue weighted by Gasteiger charge is 2.07. The van der Waals surface area contributed by atoms with E-state index in [1.807, 2.05) is 19.0 Å². The van der Waals surface area contributed by atoms with Gasteiger partial charge < -0.3 is 16.0 Å². The van der Waals surface area contributed by atoms with Crippen LogP contribution in [-0.4, -0.2) is 48.2 Å². The van der Waals surface area contributed by atoms with Crippen molar-refractivity contribution >= 4 is 11.7 Å². The zero-order valence-corrected chi connectivity index (χ0v) is 8.37. The van der Waals surface area contributed by atoms with Crippen LogP contribution in [-0.2, 0) is 0 Å². The van der Waals surface area contributed by atoms with Gasteiger partial charge in [0.15, 0.2) is 0 Å². The van der Waals surface area contributed by atoms with Crippen molar-refractivity contribution in [3.8, 4) is 0 Å². The van der Waals surface area contributed by atoms with Crippen LogP contribution in [0.1, 0.15) is 10.5 Å². The molecule has 78 valence electrons. The summed E-state index contributed by atoms with van der Waals surface area (Å²) in [7, 11) is 3.89. The smallest absolute Gasteiger partial charge is 0.269 e. The first kappa shape index (κ1) is 10.5. The summed E-state index contributed by atoms with van der Waals surface area (Å²) in [6, 6.07) is 1.50. The van der Waals surface area contributed by atoms with Crippen molar-refractivity contribution in [2.24, 2.45) is 0 Å². The lowest BCUT2D eigenvalue weighted by Gasteiger charge is -2.09. The molecule has 0 spiro atoms. The monoisotopic (exact) mass is 197 g/mol. The molecule has 1 heterocycles. The minimum absolute atomic E-state index is 0.184. The van der Waals surface area contributed by atoms with E-state index in [-0.39, 0.29) is 5.91 Å². The summed E-state index contributed by atoms with van der Waals surface area (Å²) in [6.45, 7) is 1.40. The van der Waals surface area contributed by atoms with Crippen LogP contribution in [0.25, 0.3) is 0 Å². The third-order valence-electron chi connectivity index (χ3n) is 1.69. The number of nitrogens with zero attached hydrogens (tertiary/aromatic N) is 2. The Bertz CT molecular complexity index is 306. The maximum absolute atomic E-state index is 11.4. The third-order valence-corrected chi connectivity index (χ3v) is 1.69. The standard InChI is InChI=1S/C8H15N5O/c1-13(2)4-3-10-8(14)6-5-7(9)12-11-6/h5H,3-4H2,1-2H3,(H,10,14)(H3,9,11,12). The number of hydrogen-bond donors (Lipinski definition) is 3. The van der Waals surface area contributed by atoms with E-state index in [1.165, 1.54) is 6.07 Å². The topological polar surface area (TPSA) is 87.0 Å². The van der Waals surface area contributed by atoms with Crippen LogP contribution in [0.3, 0.4) is 0 Å². The molecule has 0 saturated heterocycles. The zero-order chi connectivity index (χ0) is 10.6. The van der Waals surface area contributed by atoms with E-state index in [1.54, 1.807) is 0 Å². The lowest BCUT2D eigenvalue weighted by atomic mass is 10.4. The molecule has 0 fully saturated rings. The van der Waals surface area contributed by atoms with Gasteiger partial charge in [0.05, 0.1) is 0 Å². The summed E-state index contributed by atoms with van der Waals surface area (Å²) in [5.41, 5.74) is 5.75. The van der Waals surface area contributed by atoms with Gasteiger partial charge in [0.25, 0.3) is 5.91 Å². The summed E-state index contributed by atoms with van der Waals surface area (Å²) in [4.78, 5) is 13.4. The number of nitrogen functional groups attached to an aromatic ring is 1. The largest absolute Gasteiger partial charge is 0.382 e. The Kier molecular flexibility index (Phi) is 3.47. The predicted octanol–water partition coefficient (Wildman–Crippen LogP) is -0.717. The van der Waals surface area contributed by atoms with Gasteiger partial charge in [-0.15, -0.1) is 0 Å². The molecule has 0 aliphatic rings. The van der Waals surface area contributed by atoms with Gasteiger partial charge in [-0.2, -0.15) is 5.10 Å². The van der Waals surface area contributed by atoms with Crippen LogP contribution in [0.2, 0.25) is 0 Å². The van der Waals surface area contributed by atoms with Crippen LogP contribution in [0.15, 0.2) is 6.07 Å². The first-order valence-corrected chi connectivity index (χ1v) is 4.33. The fourth-order valence-corrected chi connectivity index (χ4v) is 0.942. The van der Waals surface area contributed by atoms with Gasteiger partial charge in [-0.1, -0.05) is 0 Å². The number of rotatable bonds is 4. The van der Waals surface area contributed by atoms with Crippen molar-refractivity contribution in [3.63, 3.8) is 0 Å². The predicted molar refractivity (Wildman–Crippen MR) is 53.9 cm³/mol. The summed E-state index contributed by atoms with van der Waals surface area (Å²) in [6.07, 6.45) is 0. The van der Waals surface area contributed by atoms with E-state index in [9.17, 15) is 4.79 Å². The molecule has 4 N–H and O–H groups in total. The van der Waals surface area contributed by atoms with Gasteiger partial charge in [0, 0.05) is 19.2 Å². The lowest BCUT2D eigenvalue weighted by Crippen LogP contribution is -2.31. The fourth-order valence-electron chi connectivity index (χ4n) is 0.942. The maximum Gasteiger partial charge on any atom is 0.269 e. The molecule has 0 bridgehead atoms. The second kappa shape index (κ2) is 4.61. The highest BCUT2D eigenvalue weighted by atomic mass is 16.1. The van der Waals surface area contributed by atoms with Crippen molar-refractivity contribution in [1.82, 2.24) is 20.4 Å². The normalized spacial score (nSPS) is 10.5. The molecule has 14 heavy (non-hydrogen) atoms. The van der Waals surface area contributed by atoms with Crippen molar-refractivity contribution in [2.45, 2.75) is 0 Å². The number of aromatic nitrogens is 2. The van der Waals surface area contributed by atoms with Crippen molar-refractivity contribution in [1.29, 1.82) is 0 Å². The molecule has 6 nitrogen and oxygen atoms in total. The molecule has 0 radical (unpaired) electrons. The van der Waals surface area contributed by atoms with E-state index in [4.69, 9.17) is 5.73 Å². The Morgan fingerprint density at radius 1 is 1.71 bits per heavy atom. The number of nitrogens with two attached hydrogens (primary N) is 1. The Morgan fingerprint density at radius 3 is 2.93 bits per heavy atom. The van der Waals surface area contributed by atoms with Crippen LogP contribution < -0.4 is 11.1 Å². The molecular weight excluding hydrogens is 182 g/mol. The summed E-state index contributed by atoms with van der Waals surface area (Å²) in [5, 5.41) is 8.94. The number of H-pyrrole nitrogens is 1. The molecule has 0 aromatic carbocycles. The lowest BCUT2D eigenvalue weighted by molar-refractivity contribution is 0.0946. The quantitative estimate of drug-likeness (QED) is 0.594. The first-order valence-electron chi connectivity index (χ1n) is 4.33. The molecule has 1 amide bonds. The number of carbonyl (C=O) groups excluding carboxylic acids is 1. The van der Waals surface area contributed by atoms with Gasteiger partial charge in [-0.25, -0.2) is 0 Å². The molecule has 1 rings (SSSR count). The number of aromatic amines is 1. The van der Waals surface area contributed by atoms with Gasteiger partial charge >= 0.3 is 0 Å².